The van der Waals surface area contributed by atoms with E-state index in [2.05, 4.69) is 37.1 Å². The van der Waals surface area contributed by atoms with Gasteiger partial charge in [-0.2, -0.15) is 0 Å². The van der Waals surface area contributed by atoms with Crippen LogP contribution in [0.25, 0.3) is 0 Å². The first kappa shape index (κ1) is 15.4. The molecule has 3 nitrogen and oxygen atoms in total. The first-order valence-corrected chi connectivity index (χ1v) is 7.46. The summed E-state index contributed by atoms with van der Waals surface area (Å²) in [5, 5.41) is 3.55. The van der Waals surface area contributed by atoms with E-state index in [9.17, 15) is 0 Å². The highest BCUT2D eigenvalue weighted by atomic mass is 16.5. The zero-order valence-corrected chi connectivity index (χ0v) is 13.5. The Bertz CT molecular complexity index is 599. The standard InChI is InChI=1S/C18H24N2O/c1-6-21-17-10-8-7-9-16(17)20-15(5)18-12(2)11-13(3)19-14(18)4/h7-11,15,20H,6H2,1-5H3. The van der Waals surface area contributed by atoms with Gasteiger partial charge in [0.25, 0.3) is 0 Å². The largest absolute Gasteiger partial charge is 0.492 e. The monoisotopic (exact) mass is 284 g/mol. The summed E-state index contributed by atoms with van der Waals surface area (Å²) < 4.78 is 5.68. The number of para-hydroxylation sites is 2. The van der Waals surface area contributed by atoms with Gasteiger partial charge in [0, 0.05) is 11.4 Å². The van der Waals surface area contributed by atoms with Gasteiger partial charge in [-0.05, 0) is 63.9 Å². The lowest BCUT2D eigenvalue weighted by molar-refractivity contribution is 0.341. The molecule has 0 aliphatic carbocycles. The van der Waals surface area contributed by atoms with Crippen LogP contribution < -0.4 is 10.1 Å². The van der Waals surface area contributed by atoms with Crippen LogP contribution >= 0.6 is 0 Å². The number of anilines is 1. The van der Waals surface area contributed by atoms with Gasteiger partial charge in [-0.25, -0.2) is 0 Å². The first-order valence-electron chi connectivity index (χ1n) is 7.46. The molecule has 0 saturated carbocycles. The van der Waals surface area contributed by atoms with Gasteiger partial charge in [0.1, 0.15) is 5.75 Å². The van der Waals surface area contributed by atoms with Crippen molar-refractivity contribution in [1.82, 2.24) is 4.98 Å². The summed E-state index contributed by atoms with van der Waals surface area (Å²) in [6, 6.07) is 10.4. The highest BCUT2D eigenvalue weighted by molar-refractivity contribution is 5.57. The van der Waals surface area contributed by atoms with Crippen LogP contribution in [0.15, 0.2) is 30.3 Å². The second kappa shape index (κ2) is 6.61. The van der Waals surface area contributed by atoms with E-state index in [1.807, 2.05) is 38.1 Å². The lowest BCUT2D eigenvalue weighted by Gasteiger charge is -2.21. The third-order valence-corrected chi connectivity index (χ3v) is 3.58. The van der Waals surface area contributed by atoms with E-state index in [4.69, 9.17) is 4.74 Å². The minimum absolute atomic E-state index is 0.180. The van der Waals surface area contributed by atoms with Crippen molar-refractivity contribution in [2.75, 3.05) is 11.9 Å². The van der Waals surface area contributed by atoms with Crippen molar-refractivity contribution < 1.29 is 4.74 Å². The molecule has 0 aliphatic heterocycles. The van der Waals surface area contributed by atoms with Crippen molar-refractivity contribution in [3.05, 3.63) is 52.8 Å². The molecular weight excluding hydrogens is 260 g/mol. The molecule has 0 bridgehead atoms. The van der Waals surface area contributed by atoms with Gasteiger partial charge in [-0.3, -0.25) is 4.98 Å². The zero-order valence-electron chi connectivity index (χ0n) is 13.5. The summed E-state index contributed by atoms with van der Waals surface area (Å²) in [5.41, 5.74) is 5.70. The molecule has 2 aromatic rings. The van der Waals surface area contributed by atoms with E-state index in [-0.39, 0.29) is 6.04 Å². The van der Waals surface area contributed by atoms with E-state index in [0.717, 1.165) is 22.8 Å². The zero-order chi connectivity index (χ0) is 15.4. The quantitative estimate of drug-likeness (QED) is 0.872. The maximum absolute atomic E-state index is 5.68. The molecular formula is C18H24N2O. The van der Waals surface area contributed by atoms with E-state index in [0.29, 0.717) is 6.61 Å². The number of aromatic nitrogens is 1. The molecule has 0 radical (unpaired) electrons. The summed E-state index contributed by atoms with van der Waals surface area (Å²) in [7, 11) is 0. The Morgan fingerprint density at radius 3 is 2.57 bits per heavy atom. The normalized spacial score (nSPS) is 12.0. The predicted molar refractivity (Wildman–Crippen MR) is 88.1 cm³/mol. The van der Waals surface area contributed by atoms with Crippen LogP contribution in [0.2, 0.25) is 0 Å². The number of benzene rings is 1. The fourth-order valence-corrected chi connectivity index (χ4v) is 2.86. The van der Waals surface area contributed by atoms with E-state index >= 15 is 0 Å². The summed E-state index contributed by atoms with van der Waals surface area (Å²) >= 11 is 0. The second-order valence-electron chi connectivity index (χ2n) is 5.37. The Balaban J connectivity index is 2.28. The minimum atomic E-state index is 0.180. The molecule has 1 aromatic carbocycles. The molecule has 3 heteroatoms. The molecule has 21 heavy (non-hydrogen) atoms. The van der Waals surface area contributed by atoms with Gasteiger partial charge in [0.05, 0.1) is 18.3 Å². The van der Waals surface area contributed by atoms with Crippen LogP contribution in [-0.2, 0) is 0 Å². The van der Waals surface area contributed by atoms with Crippen LogP contribution in [0.1, 0.15) is 42.4 Å². The molecule has 0 aliphatic rings. The number of aryl methyl sites for hydroxylation is 3. The van der Waals surface area contributed by atoms with Crippen LogP contribution in [0, 0.1) is 20.8 Å². The number of rotatable bonds is 5. The molecule has 112 valence electrons. The molecule has 2 rings (SSSR count). The van der Waals surface area contributed by atoms with Crippen molar-refractivity contribution >= 4 is 5.69 Å². The fourth-order valence-electron chi connectivity index (χ4n) is 2.86. The van der Waals surface area contributed by atoms with Gasteiger partial charge in [0.15, 0.2) is 0 Å². The molecule has 0 spiro atoms. The molecule has 1 aromatic heterocycles. The molecule has 0 fully saturated rings. The molecule has 1 unspecified atom stereocenters. The van der Waals surface area contributed by atoms with E-state index < -0.39 is 0 Å². The number of nitrogens with one attached hydrogen (secondary N) is 1. The third-order valence-electron chi connectivity index (χ3n) is 3.58. The lowest BCUT2D eigenvalue weighted by Crippen LogP contribution is -2.12. The van der Waals surface area contributed by atoms with Crippen LogP contribution in [0.5, 0.6) is 5.75 Å². The summed E-state index contributed by atoms with van der Waals surface area (Å²) in [6.45, 7) is 11.1. The van der Waals surface area contributed by atoms with Crippen molar-refractivity contribution in [3.63, 3.8) is 0 Å². The van der Waals surface area contributed by atoms with E-state index in [1.165, 1.54) is 11.1 Å². The third kappa shape index (κ3) is 3.54. The van der Waals surface area contributed by atoms with Crippen LogP contribution in [-0.4, -0.2) is 11.6 Å². The van der Waals surface area contributed by atoms with Gasteiger partial charge < -0.3 is 10.1 Å². The Hall–Kier alpha value is -2.03. The molecule has 1 N–H and O–H groups in total. The van der Waals surface area contributed by atoms with Crippen LogP contribution in [0.3, 0.4) is 0 Å². The van der Waals surface area contributed by atoms with Crippen molar-refractivity contribution in [2.45, 2.75) is 40.7 Å². The summed E-state index contributed by atoms with van der Waals surface area (Å²) in [6.07, 6.45) is 0. The van der Waals surface area contributed by atoms with Crippen molar-refractivity contribution in [2.24, 2.45) is 0 Å². The van der Waals surface area contributed by atoms with Crippen molar-refractivity contribution in [3.8, 4) is 5.75 Å². The van der Waals surface area contributed by atoms with Crippen LogP contribution in [0.4, 0.5) is 5.69 Å². The van der Waals surface area contributed by atoms with E-state index in [1.54, 1.807) is 0 Å². The number of hydrogen-bond donors (Lipinski definition) is 1. The van der Waals surface area contributed by atoms with Gasteiger partial charge >= 0.3 is 0 Å². The predicted octanol–water partition coefficient (Wildman–Crippen LogP) is 4.58. The van der Waals surface area contributed by atoms with Crippen molar-refractivity contribution in [1.29, 1.82) is 0 Å². The number of pyridine rings is 1. The summed E-state index contributed by atoms with van der Waals surface area (Å²) in [4.78, 5) is 4.58. The lowest BCUT2D eigenvalue weighted by atomic mass is 10.00. The Morgan fingerprint density at radius 1 is 1.19 bits per heavy atom. The summed E-state index contributed by atoms with van der Waals surface area (Å²) in [5.74, 6) is 0.891. The molecule has 1 heterocycles. The highest BCUT2D eigenvalue weighted by Gasteiger charge is 2.14. The maximum atomic E-state index is 5.68. The smallest absolute Gasteiger partial charge is 0.142 e. The second-order valence-corrected chi connectivity index (χ2v) is 5.37. The molecule has 1 atom stereocenters. The van der Waals surface area contributed by atoms with Gasteiger partial charge in [-0.15, -0.1) is 0 Å². The maximum Gasteiger partial charge on any atom is 0.142 e. The molecule has 0 amide bonds. The SMILES string of the molecule is CCOc1ccccc1NC(C)c1c(C)cc(C)nc1C. The highest BCUT2D eigenvalue weighted by Crippen LogP contribution is 2.30. The number of hydrogen-bond acceptors (Lipinski definition) is 3. The number of nitrogens with zero attached hydrogens (tertiary/aromatic N) is 1. The average molecular weight is 284 g/mol. The molecule has 0 saturated heterocycles. The Morgan fingerprint density at radius 2 is 1.90 bits per heavy atom. The first-order chi connectivity index (χ1) is 10.0. The minimum Gasteiger partial charge on any atom is -0.492 e. The fraction of sp³-hybridized carbons (Fsp3) is 0.389. The Labute approximate surface area is 127 Å². The number of ether oxygens (including phenoxy) is 1. The van der Waals surface area contributed by atoms with Gasteiger partial charge in [0.2, 0.25) is 0 Å². The topological polar surface area (TPSA) is 34.1 Å². The van der Waals surface area contributed by atoms with Gasteiger partial charge in [-0.1, -0.05) is 12.1 Å². The average Bonchev–Trinajstić information content (AvgIpc) is 2.40. The Kier molecular flexibility index (Phi) is 4.84.